The highest BCUT2D eigenvalue weighted by Gasteiger charge is 2.21. The summed E-state index contributed by atoms with van der Waals surface area (Å²) in [5, 5.41) is 0. The van der Waals surface area contributed by atoms with Crippen LogP contribution in [0.25, 0.3) is 0 Å². The molecule has 5 heteroatoms. The van der Waals surface area contributed by atoms with Gasteiger partial charge in [0.25, 0.3) is 0 Å². The van der Waals surface area contributed by atoms with E-state index >= 15 is 0 Å². The number of ether oxygens (including phenoxy) is 2. The summed E-state index contributed by atoms with van der Waals surface area (Å²) in [6.07, 6.45) is 4.43. The van der Waals surface area contributed by atoms with Crippen LogP contribution in [0.3, 0.4) is 0 Å². The van der Waals surface area contributed by atoms with Crippen LogP contribution in [0.1, 0.15) is 25.0 Å². The quantitative estimate of drug-likeness (QED) is 0.770. The van der Waals surface area contributed by atoms with Gasteiger partial charge in [-0.3, -0.25) is 9.78 Å². The molecule has 116 valence electrons. The van der Waals surface area contributed by atoms with Gasteiger partial charge in [0.05, 0.1) is 18.8 Å². The van der Waals surface area contributed by atoms with E-state index in [1.807, 2.05) is 23.1 Å². The van der Waals surface area contributed by atoms with Crippen LogP contribution in [0, 0.1) is 5.92 Å². The highest BCUT2D eigenvalue weighted by atomic mass is 16.5. The maximum absolute atomic E-state index is 12.5. The summed E-state index contributed by atoms with van der Waals surface area (Å²) in [7, 11) is 1.65. The standard InChI is InChI=1S/C16H24N2O3/c1-20-10-8-18(12-15-6-2-3-7-17-15)16(19)11-14-5-4-9-21-13-14/h2-3,6-7,14H,4-5,8-13H2,1H3/t14-/m0/s1. The van der Waals surface area contributed by atoms with Crippen LogP contribution in [0.2, 0.25) is 0 Å². The van der Waals surface area contributed by atoms with E-state index in [0.717, 1.165) is 25.1 Å². The molecular formula is C16H24N2O3. The largest absolute Gasteiger partial charge is 0.383 e. The molecule has 2 heterocycles. The molecule has 0 radical (unpaired) electrons. The van der Waals surface area contributed by atoms with Gasteiger partial charge in [0.2, 0.25) is 5.91 Å². The lowest BCUT2D eigenvalue weighted by atomic mass is 9.98. The molecule has 1 amide bonds. The first kappa shape index (κ1) is 15.9. The lowest BCUT2D eigenvalue weighted by molar-refractivity contribution is -0.134. The predicted octanol–water partition coefficient (Wildman–Crippen LogP) is 1.87. The van der Waals surface area contributed by atoms with Crippen LogP contribution in [-0.4, -0.2) is 49.3 Å². The molecule has 2 rings (SSSR count). The second-order valence-electron chi connectivity index (χ2n) is 5.42. The van der Waals surface area contributed by atoms with E-state index in [4.69, 9.17) is 9.47 Å². The molecule has 0 N–H and O–H groups in total. The van der Waals surface area contributed by atoms with Crippen molar-refractivity contribution in [2.45, 2.75) is 25.8 Å². The lowest BCUT2D eigenvalue weighted by Gasteiger charge is -2.26. The van der Waals surface area contributed by atoms with Crippen LogP contribution in [-0.2, 0) is 20.8 Å². The van der Waals surface area contributed by atoms with Gasteiger partial charge in [0.1, 0.15) is 0 Å². The van der Waals surface area contributed by atoms with Gasteiger partial charge in [0, 0.05) is 39.5 Å². The summed E-state index contributed by atoms with van der Waals surface area (Å²) in [5.74, 6) is 0.508. The van der Waals surface area contributed by atoms with Crippen LogP contribution in [0.4, 0.5) is 0 Å². The van der Waals surface area contributed by atoms with Crippen molar-refractivity contribution in [3.05, 3.63) is 30.1 Å². The van der Waals surface area contributed by atoms with Crippen molar-refractivity contribution >= 4 is 5.91 Å². The molecule has 21 heavy (non-hydrogen) atoms. The summed E-state index contributed by atoms with van der Waals surface area (Å²) in [5.41, 5.74) is 0.904. The summed E-state index contributed by atoms with van der Waals surface area (Å²) >= 11 is 0. The van der Waals surface area contributed by atoms with Gasteiger partial charge in [-0.25, -0.2) is 0 Å². The Bertz CT molecular complexity index is 419. The van der Waals surface area contributed by atoms with Gasteiger partial charge < -0.3 is 14.4 Å². The van der Waals surface area contributed by atoms with Gasteiger partial charge in [-0.1, -0.05) is 6.07 Å². The molecule has 5 nitrogen and oxygen atoms in total. The van der Waals surface area contributed by atoms with Crippen molar-refractivity contribution in [3.8, 4) is 0 Å². The first-order valence-corrected chi connectivity index (χ1v) is 7.54. The summed E-state index contributed by atoms with van der Waals surface area (Å²) in [6, 6.07) is 5.76. The summed E-state index contributed by atoms with van der Waals surface area (Å²) in [4.78, 5) is 18.6. The van der Waals surface area contributed by atoms with Gasteiger partial charge in [-0.15, -0.1) is 0 Å². The van der Waals surface area contributed by atoms with Crippen molar-refractivity contribution in [1.29, 1.82) is 0 Å². The highest BCUT2D eigenvalue weighted by molar-refractivity contribution is 5.76. The zero-order chi connectivity index (χ0) is 14.9. The van der Waals surface area contributed by atoms with E-state index < -0.39 is 0 Å². The lowest BCUT2D eigenvalue weighted by Crippen LogP contribution is -2.36. The number of nitrogens with zero attached hydrogens (tertiary/aromatic N) is 2. The average Bonchev–Trinajstić information content (AvgIpc) is 2.53. The number of amides is 1. The molecule has 0 unspecified atom stereocenters. The maximum Gasteiger partial charge on any atom is 0.223 e. The van der Waals surface area contributed by atoms with E-state index in [2.05, 4.69) is 4.98 Å². The smallest absolute Gasteiger partial charge is 0.223 e. The number of carbonyl (C=O) groups excluding carboxylic acids is 1. The van der Waals surface area contributed by atoms with Crippen LogP contribution < -0.4 is 0 Å². The topological polar surface area (TPSA) is 51.7 Å². The normalized spacial score (nSPS) is 18.4. The summed E-state index contributed by atoms with van der Waals surface area (Å²) in [6.45, 7) is 3.20. The number of hydrogen-bond donors (Lipinski definition) is 0. The Hall–Kier alpha value is -1.46. The third kappa shape index (κ3) is 5.44. The molecule has 0 spiro atoms. The molecule has 1 aromatic heterocycles. The number of hydrogen-bond acceptors (Lipinski definition) is 4. The first-order chi connectivity index (χ1) is 10.3. The first-order valence-electron chi connectivity index (χ1n) is 7.54. The van der Waals surface area contributed by atoms with E-state index in [9.17, 15) is 4.79 Å². The minimum atomic E-state index is 0.160. The fourth-order valence-corrected chi connectivity index (χ4v) is 2.53. The second-order valence-corrected chi connectivity index (χ2v) is 5.42. The number of aromatic nitrogens is 1. The Labute approximate surface area is 126 Å². The van der Waals surface area contributed by atoms with Gasteiger partial charge >= 0.3 is 0 Å². The molecule has 0 bridgehead atoms. The molecule has 1 saturated heterocycles. The van der Waals surface area contributed by atoms with Crippen LogP contribution in [0.5, 0.6) is 0 Å². The van der Waals surface area contributed by atoms with E-state index in [0.29, 0.717) is 38.6 Å². The number of pyridine rings is 1. The molecule has 0 saturated carbocycles. The van der Waals surface area contributed by atoms with Crippen molar-refractivity contribution in [3.63, 3.8) is 0 Å². The van der Waals surface area contributed by atoms with Crippen molar-refractivity contribution in [2.75, 3.05) is 33.5 Å². The molecule has 1 fully saturated rings. The van der Waals surface area contributed by atoms with E-state index in [-0.39, 0.29) is 5.91 Å². The minimum absolute atomic E-state index is 0.160. The van der Waals surface area contributed by atoms with Crippen molar-refractivity contribution in [1.82, 2.24) is 9.88 Å². The Kier molecular flexibility index (Phi) is 6.63. The third-order valence-corrected chi connectivity index (χ3v) is 3.71. The fourth-order valence-electron chi connectivity index (χ4n) is 2.53. The summed E-state index contributed by atoms with van der Waals surface area (Å²) < 4.78 is 10.6. The Balaban J connectivity index is 1.92. The Morgan fingerprint density at radius 1 is 1.52 bits per heavy atom. The number of carbonyl (C=O) groups is 1. The molecule has 1 aliphatic rings. The number of methoxy groups -OCH3 is 1. The molecule has 1 aromatic rings. The van der Waals surface area contributed by atoms with Gasteiger partial charge in [0.15, 0.2) is 0 Å². The van der Waals surface area contributed by atoms with Crippen molar-refractivity contribution < 1.29 is 14.3 Å². The van der Waals surface area contributed by atoms with Gasteiger partial charge in [-0.2, -0.15) is 0 Å². The number of rotatable bonds is 7. The maximum atomic E-state index is 12.5. The SMILES string of the molecule is COCCN(Cc1ccccn1)C(=O)C[C@@H]1CCCOC1. The zero-order valence-electron chi connectivity index (χ0n) is 12.7. The highest BCUT2D eigenvalue weighted by Crippen LogP contribution is 2.18. The molecule has 1 atom stereocenters. The van der Waals surface area contributed by atoms with Crippen LogP contribution in [0.15, 0.2) is 24.4 Å². The third-order valence-electron chi connectivity index (χ3n) is 3.71. The Morgan fingerprint density at radius 2 is 2.43 bits per heavy atom. The molecule has 1 aliphatic heterocycles. The monoisotopic (exact) mass is 292 g/mol. The Morgan fingerprint density at radius 3 is 3.10 bits per heavy atom. The van der Waals surface area contributed by atoms with Crippen LogP contribution >= 0.6 is 0 Å². The molecule has 0 aromatic carbocycles. The average molecular weight is 292 g/mol. The predicted molar refractivity (Wildman–Crippen MR) is 79.7 cm³/mol. The molecular weight excluding hydrogens is 268 g/mol. The van der Waals surface area contributed by atoms with E-state index in [1.165, 1.54) is 0 Å². The molecule has 0 aliphatic carbocycles. The van der Waals surface area contributed by atoms with Gasteiger partial charge in [-0.05, 0) is 30.9 Å². The second kappa shape index (κ2) is 8.74. The zero-order valence-corrected chi connectivity index (χ0v) is 12.7. The van der Waals surface area contributed by atoms with Crippen molar-refractivity contribution in [2.24, 2.45) is 5.92 Å². The minimum Gasteiger partial charge on any atom is -0.383 e. The van der Waals surface area contributed by atoms with E-state index in [1.54, 1.807) is 13.3 Å². The fraction of sp³-hybridized carbons (Fsp3) is 0.625.